The van der Waals surface area contributed by atoms with Crippen molar-refractivity contribution in [2.75, 3.05) is 33.1 Å². The van der Waals surface area contributed by atoms with Crippen LogP contribution < -0.4 is 10.1 Å². The zero-order chi connectivity index (χ0) is 22.0. The number of nitrogens with one attached hydrogen (secondary N) is 2. The fourth-order valence-corrected chi connectivity index (χ4v) is 3.72. The molecular formula is C25H26N4O2. The molecule has 6 heteroatoms. The number of carbonyl (C=O) groups is 1. The van der Waals surface area contributed by atoms with E-state index in [0.717, 1.165) is 44.7 Å². The molecule has 0 saturated carbocycles. The van der Waals surface area contributed by atoms with Gasteiger partial charge in [0.1, 0.15) is 11.4 Å². The van der Waals surface area contributed by atoms with Gasteiger partial charge < -0.3 is 19.9 Å². The molecule has 158 valence electrons. The average molecular weight is 415 g/mol. The van der Waals surface area contributed by atoms with Gasteiger partial charge in [-0.1, -0.05) is 24.3 Å². The Morgan fingerprint density at radius 2 is 1.94 bits per heavy atom. The van der Waals surface area contributed by atoms with Gasteiger partial charge in [-0.2, -0.15) is 0 Å². The van der Waals surface area contributed by atoms with Gasteiger partial charge in [0, 0.05) is 60.8 Å². The molecule has 2 aromatic carbocycles. The Balaban J connectivity index is 1.83. The van der Waals surface area contributed by atoms with Crippen molar-refractivity contribution in [3.8, 4) is 28.0 Å². The summed E-state index contributed by atoms with van der Waals surface area (Å²) in [5, 5.41) is 4.12. The summed E-state index contributed by atoms with van der Waals surface area (Å²) in [7, 11) is 5.30. The minimum atomic E-state index is -0.0147. The van der Waals surface area contributed by atoms with Gasteiger partial charge in [0.25, 0.3) is 5.91 Å². The van der Waals surface area contributed by atoms with Crippen molar-refractivity contribution in [3.63, 3.8) is 0 Å². The number of rotatable bonds is 6. The van der Waals surface area contributed by atoms with Gasteiger partial charge in [0.05, 0.1) is 12.7 Å². The number of nitrogens with zero attached hydrogens (tertiary/aromatic N) is 2. The number of aromatic amines is 1. The number of hydrogen-bond donors (Lipinski definition) is 2. The lowest BCUT2D eigenvalue weighted by Crippen LogP contribution is -2.27. The van der Waals surface area contributed by atoms with Crippen molar-refractivity contribution >= 4 is 22.6 Å². The first-order chi connectivity index (χ1) is 15.1. The number of amides is 1. The van der Waals surface area contributed by atoms with Crippen LogP contribution in [0.4, 0.5) is 5.69 Å². The highest BCUT2D eigenvalue weighted by molar-refractivity contribution is 6.01. The van der Waals surface area contributed by atoms with Crippen molar-refractivity contribution < 1.29 is 9.53 Å². The Hall–Kier alpha value is -3.80. The van der Waals surface area contributed by atoms with Gasteiger partial charge in [0.15, 0.2) is 0 Å². The van der Waals surface area contributed by atoms with Crippen LogP contribution in [-0.2, 0) is 0 Å². The van der Waals surface area contributed by atoms with Crippen molar-refractivity contribution in [2.24, 2.45) is 0 Å². The molecule has 0 unspecified atom stereocenters. The van der Waals surface area contributed by atoms with E-state index in [-0.39, 0.29) is 5.91 Å². The molecule has 0 radical (unpaired) electrons. The molecule has 0 bridgehead atoms. The summed E-state index contributed by atoms with van der Waals surface area (Å²) in [5.74, 6) is 0.793. The maximum atomic E-state index is 12.9. The Morgan fingerprint density at radius 3 is 2.68 bits per heavy atom. The molecule has 0 aliphatic rings. The van der Waals surface area contributed by atoms with Crippen molar-refractivity contribution in [3.05, 3.63) is 66.5 Å². The lowest BCUT2D eigenvalue weighted by atomic mass is 9.99. The highest BCUT2D eigenvalue weighted by Gasteiger charge is 2.17. The highest BCUT2D eigenvalue weighted by Crippen LogP contribution is 2.36. The predicted molar refractivity (Wildman–Crippen MR) is 126 cm³/mol. The summed E-state index contributed by atoms with van der Waals surface area (Å²) in [6, 6.07) is 15.9. The predicted octanol–water partition coefficient (Wildman–Crippen LogP) is 5.04. The number of carbonyl (C=O) groups excluding carboxylic acids is 1. The molecular weight excluding hydrogens is 388 g/mol. The van der Waals surface area contributed by atoms with E-state index in [4.69, 9.17) is 4.74 Å². The lowest BCUT2D eigenvalue weighted by molar-refractivity contribution is 0.0803. The molecule has 1 amide bonds. The van der Waals surface area contributed by atoms with Crippen LogP contribution in [0.3, 0.4) is 0 Å². The van der Waals surface area contributed by atoms with Gasteiger partial charge in [0.2, 0.25) is 0 Å². The van der Waals surface area contributed by atoms with Gasteiger partial charge in [-0.25, -0.2) is 4.98 Å². The van der Waals surface area contributed by atoms with E-state index >= 15 is 0 Å². The summed E-state index contributed by atoms with van der Waals surface area (Å²) in [5.41, 5.74) is 6.16. The van der Waals surface area contributed by atoms with Crippen LogP contribution in [0.1, 0.15) is 17.3 Å². The quantitative estimate of drug-likeness (QED) is 0.464. The number of ether oxygens (including phenoxy) is 1. The normalized spacial score (nSPS) is 10.8. The van der Waals surface area contributed by atoms with Crippen LogP contribution in [0.2, 0.25) is 0 Å². The lowest BCUT2D eigenvalue weighted by Gasteiger charge is -2.18. The second-order valence-corrected chi connectivity index (χ2v) is 7.35. The van der Waals surface area contributed by atoms with Crippen LogP contribution >= 0.6 is 0 Å². The van der Waals surface area contributed by atoms with Crippen LogP contribution in [0, 0.1) is 0 Å². The van der Waals surface area contributed by atoms with E-state index in [1.807, 2.05) is 68.8 Å². The smallest absolute Gasteiger partial charge is 0.255 e. The minimum absolute atomic E-state index is 0.0147. The van der Waals surface area contributed by atoms with Gasteiger partial charge in [-0.15, -0.1) is 0 Å². The van der Waals surface area contributed by atoms with E-state index in [1.165, 1.54) is 0 Å². The largest absolute Gasteiger partial charge is 0.496 e. The summed E-state index contributed by atoms with van der Waals surface area (Å²) >= 11 is 0. The fraction of sp³-hybridized carbons (Fsp3) is 0.200. The van der Waals surface area contributed by atoms with Crippen molar-refractivity contribution in [1.82, 2.24) is 14.9 Å². The first-order valence-electron chi connectivity index (χ1n) is 10.3. The number of benzene rings is 2. The molecule has 4 aromatic rings. The molecule has 2 aromatic heterocycles. The second kappa shape index (κ2) is 8.52. The summed E-state index contributed by atoms with van der Waals surface area (Å²) < 4.78 is 5.55. The number of pyridine rings is 1. The van der Waals surface area contributed by atoms with E-state index in [1.54, 1.807) is 19.1 Å². The number of anilines is 1. The van der Waals surface area contributed by atoms with Crippen molar-refractivity contribution in [2.45, 2.75) is 6.92 Å². The summed E-state index contributed by atoms with van der Waals surface area (Å²) in [6.45, 7) is 2.61. The SMILES string of the molecule is CCN(C)C(=O)c1cc(-c2cnc3[nH]cc(-c4ccccc4OC)c3c2)ccc1NC. The fourth-order valence-electron chi connectivity index (χ4n) is 3.72. The third kappa shape index (κ3) is 3.72. The summed E-state index contributed by atoms with van der Waals surface area (Å²) in [6.07, 6.45) is 3.78. The van der Waals surface area contributed by atoms with E-state index in [0.29, 0.717) is 12.1 Å². The molecule has 0 saturated heterocycles. The molecule has 0 spiro atoms. The van der Waals surface area contributed by atoms with Crippen LogP contribution in [0.15, 0.2) is 60.9 Å². The molecule has 2 heterocycles. The van der Waals surface area contributed by atoms with Gasteiger partial charge in [-0.3, -0.25) is 4.79 Å². The Bertz CT molecular complexity index is 1250. The van der Waals surface area contributed by atoms with Gasteiger partial charge >= 0.3 is 0 Å². The molecule has 0 fully saturated rings. The zero-order valence-corrected chi connectivity index (χ0v) is 18.2. The average Bonchev–Trinajstić information content (AvgIpc) is 3.25. The Morgan fingerprint density at radius 1 is 1.13 bits per heavy atom. The molecule has 0 aliphatic heterocycles. The first-order valence-corrected chi connectivity index (χ1v) is 10.3. The molecule has 4 rings (SSSR count). The first kappa shape index (κ1) is 20.5. The van der Waals surface area contributed by atoms with Gasteiger partial charge in [-0.05, 0) is 36.8 Å². The van der Waals surface area contributed by atoms with E-state index < -0.39 is 0 Å². The standard InChI is InChI=1S/C25H26N4O2/c1-5-29(3)25(30)20-12-16(10-11-22(20)26-2)17-13-19-21(15-28-24(19)27-14-17)18-8-6-7-9-23(18)31-4/h6-15,26H,5H2,1-4H3,(H,27,28). The maximum Gasteiger partial charge on any atom is 0.255 e. The third-order valence-corrected chi connectivity index (χ3v) is 5.60. The Kier molecular flexibility index (Phi) is 5.62. The maximum absolute atomic E-state index is 12.9. The van der Waals surface area contributed by atoms with Crippen LogP contribution in [-0.4, -0.2) is 48.5 Å². The van der Waals surface area contributed by atoms with Crippen LogP contribution in [0.5, 0.6) is 5.75 Å². The number of methoxy groups -OCH3 is 1. The molecule has 0 atom stereocenters. The van der Waals surface area contributed by atoms with Crippen LogP contribution in [0.25, 0.3) is 33.3 Å². The van der Waals surface area contributed by atoms with Crippen molar-refractivity contribution in [1.29, 1.82) is 0 Å². The zero-order valence-electron chi connectivity index (χ0n) is 18.2. The number of para-hydroxylation sites is 1. The third-order valence-electron chi connectivity index (χ3n) is 5.60. The number of aromatic nitrogens is 2. The topological polar surface area (TPSA) is 70.2 Å². The van der Waals surface area contributed by atoms with E-state index in [9.17, 15) is 4.79 Å². The number of H-pyrrole nitrogens is 1. The molecule has 2 N–H and O–H groups in total. The Labute approximate surface area is 181 Å². The second-order valence-electron chi connectivity index (χ2n) is 7.35. The summed E-state index contributed by atoms with van der Waals surface area (Å²) in [4.78, 5) is 22.4. The monoisotopic (exact) mass is 414 g/mol. The van der Waals surface area contributed by atoms with E-state index in [2.05, 4.69) is 21.4 Å². The number of fused-ring (bicyclic) bond motifs is 1. The molecule has 31 heavy (non-hydrogen) atoms. The minimum Gasteiger partial charge on any atom is -0.496 e. The molecule has 0 aliphatic carbocycles. The molecule has 6 nitrogen and oxygen atoms in total. The highest BCUT2D eigenvalue weighted by atomic mass is 16.5. The number of hydrogen-bond acceptors (Lipinski definition) is 4.